The minimum atomic E-state index is -0.376. The molecule has 0 atom stereocenters. The fourth-order valence-corrected chi connectivity index (χ4v) is 3.03. The van der Waals surface area contributed by atoms with Crippen LogP contribution in [-0.4, -0.2) is 36.4 Å². The lowest BCUT2D eigenvalue weighted by Crippen LogP contribution is -2.48. The quantitative estimate of drug-likeness (QED) is 0.686. The number of carbonyl (C=O) groups is 2. The van der Waals surface area contributed by atoms with Crippen molar-refractivity contribution in [3.63, 3.8) is 0 Å². The molecule has 3 heterocycles. The van der Waals surface area contributed by atoms with Gasteiger partial charge in [0, 0.05) is 30.9 Å². The Morgan fingerprint density at radius 3 is 2.91 bits per heavy atom. The number of rotatable bonds is 6. The van der Waals surface area contributed by atoms with E-state index in [4.69, 9.17) is 4.42 Å². The zero-order chi connectivity index (χ0) is 16.2. The maximum absolute atomic E-state index is 11.9. The van der Waals surface area contributed by atoms with Crippen molar-refractivity contribution in [1.29, 1.82) is 0 Å². The molecule has 0 aliphatic carbocycles. The topological polar surface area (TPSA) is 96.3 Å². The molecule has 1 aliphatic heterocycles. The first-order chi connectivity index (χ1) is 11.1. The number of furan rings is 1. The van der Waals surface area contributed by atoms with Crippen molar-refractivity contribution in [1.82, 2.24) is 15.6 Å². The Kier molecular flexibility index (Phi) is 5.09. The molecule has 0 aromatic carbocycles. The minimum absolute atomic E-state index is 0.0601. The van der Waals surface area contributed by atoms with Crippen molar-refractivity contribution in [3.8, 4) is 0 Å². The standard InChI is InChI=1S/C14H15BrN4O3S/c15-11-2-1-10(22-11)13(21)19-14-18-9(7-23-14)3-12(20)17-6-8-4-16-5-8/h1-2,7-8,16H,3-6H2,(H,17,20)(H,18,19,21). The number of thiazole rings is 1. The summed E-state index contributed by atoms with van der Waals surface area (Å²) in [7, 11) is 0. The van der Waals surface area contributed by atoms with Gasteiger partial charge in [0.1, 0.15) is 0 Å². The number of carbonyl (C=O) groups excluding carboxylic acids is 2. The van der Waals surface area contributed by atoms with Crippen molar-refractivity contribution < 1.29 is 14.0 Å². The summed E-state index contributed by atoms with van der Waals surface area (Å²) < 4.78 is 5.66. The molecule has 1 aliphatic rings. The Bertz CT molecular complexity index is 710. The average Bonchev–Trinajstić information content (AvgIpc) is 3.06. The van der Waals surface area contributed by atoms with Crippen molar-refractivity contribution in [2.45, 2.75) is 6.42 Å². The van der Waals surface area contributed by atoms with Crippen molar-refractivity contribution in [2.75, 3.05) is 25.0 Å². The van der Waals surface area contributed by atoms with E-state index >= 15 is 0 Å². The number of hydrogen-bond acceptors (Lipinski definition) is 6. The van der Waals surface area contributed by atoms with Gasteiger partial charge in [0.2, 0.25) is 5.91 Å². The Labute approximate surface area is 145 Å². The maximum Gasteiger partial charge on any atom is 0.293 e. The smallest absolute Gasteiger partial charge is 0.293 e. The van der Waals surface area contributed by atoms with Gasteiger partial charge in [-0.1, -0.05) is 0 Å². The Hall–Kier alpha value is -1.71. The van der Waals surface area contributed by atoms with Crippen LogP contribution in [0.15, 0.2) is 26.6 Å². The number of aromatic nitrogens is 1. The van der Waals surface area contributed by atoms with Crippen LogP contribution in [0.25, 0.3) is 0 Å². The van der Waals surface area contributed by atoms with E-state index in [9.17, 15) is 9.59 Å². The maximum atomic E-state index is 11.9. The molecule has 0 spiro atoms. The first kappa shape index (κ1) is 16.2. The molecule has 2 aromatic rings. The second-order valence-electron chi connectivity index (χ2n) is 5.21. The van der Waals surface area contributed by atoms with E-state index in [1.54, 1.807) is 17.5 Å². The monoisotopic (exact) mass is 398 g/mol. The molecular formula is C14H15BrN4O3S. The first-order valence-electron chi connectivity index (χ1n) is 7.08. The number of nitrogens with zero attached hydrogens (tertiary/aromatic N) is 1. The molecule has 0 bridgehead atoms. The highest BCUT2D eigenvalue weighted by Crippen LogP contribution is 2.19. The Morgan fingerprint density at radius 1 is 1.43 bits per heavy atom. The van der Waals surface area contributed by atoms with Crippen LogP contribution in [0.5, 0.6) is 0 Å². The molecule has 3 rings (SSSR count). The fraction of sp³-hybridized carbons (Fsp3) is 0.357. The summed E-state index contributed by atoms with van der Waals surface area (Å²) in [5, 5.41) is 10.9. The van der Waals surface area contributed by atoms with Crippen molar-refractivity contribution in [3.05, 3.63) is 33.6 Å². The normalized spacial score (nSPS) is 14.3. The molecule has 122 valence electrons. The van der Waals surface area contributed by atoms with Crippen LogP contribution in [0.4, 0.5) is 5.13 Å². The van der Waals surface area contributed by atoms with Gasteiger partial charge in [-0.05, 0) is 28.1 Å². The molecule has 2 aromatic heterocycles. The lowest BCUT2D eigenvalue weighted by Gasteiger charge is -2.26. The van der Waals surface area contributed by atoms with Crippen molar-refractivity contribution in [2.24, 2.45) is 5.92 Å². The van der Waals surface area contributed by atoms with E-state index in [2.05, 4.69) is 36.9 Å². The molecular weight excluding hydrogens is 384 g/mol. The van der Waals surface area contributed by atoms with Crippen LogP contribution in [-0.2, 0) is 11.2 Å². The summed E-state index contributed by atoms with van der Waals surface area (Å²) in [6.45, 7) is 2.60. The molecule has 2 amide bonds. The van der Waals surface area contributed by atoms with Gasteiger partial charge in [-0.3, -0.25) is 14.9 Å². The van der Waals surface area contributed by atoms with E-state index in [1.165, 1.54) is 11.3 Å². The third kappa shape index (κ3) is 4.40. The van der Waals surface area contributed by atoms with Crippen molar-refractivity contribution >= 4 is 44.2 Å². The number of anilines is 1. The zero-order valence-electron chi connectivity index (χ0n) is 12.1. The SMILES string of the molecule is O=C(Cc1csc(NC(=O)c2ccc(Br)o2)n1)NCC1CNC1. The lowest BCUT2D eigenvalue weighted by atomic mass is 10.0. The van der Waals surface area contributed by atoms with Crippen LogP contribution in [0.2, 0.25) is 0 Å². The van der Waals surface area contributed by atoms with E-state index in [0.717, 1.165) is 13.1 Å². The highest BCUT2D eigenvalue weighted by molar-refractivity contribution is 9.10. The second-order valence-corrected chi connectivity index (χ2v) is 6.85. The first-order valence-corrected chi connectivity index (χ1v) is 8.76. The Morgan fingerprint density at radius 2 is 2.26 bits per heavy atom. The molecule has 0 unspecified atom stereocenters. The number of hydrogen-bond donors (Lipinski definition) is 3. The number of amides is 2. The Balaban J connectivity index is 1.49. The van der Waals surface area contributed by atoms with Gasteiger partial charge in [0.05, 0.1) is 12.1 Å². The predicted molar refractivity (Wildman–Crippen MR) is 89.5 cm³/mol. The molecule has 3 N–H and O–H groups in total. The highest BCUT2D eigenvalue weighted by atomic mass is 79.9. The molecule has 1 fully saturated rings. The molecule has 0 radical (unpaired) electrons. The fourth-order valence-electron chi connectivity index (χ4n) is 2.02. The van der Waals surface area contributed by atoms with Gasteiger partial charge in [-0.2, -0.15) is 0 Å². The van der Waals surface area contributed by atoms with Crippen LogP contribution >= 0.6 is 27.3 Å². The van der Waals surface area contributed by atoms with E-state index in [0.29, 0.717) is 28.0 Å². The molecule has 1 saturated heterocycles. The summed E-state index contributed by atoms with van der Waals surface area (Å²) in [5.74, 6) is 0.283. The minimum Gasteiger partial charge on any atom is -0.444 e. The third-order valence-electron chi connectivity index (χ3n) is 3.36. The summed E-state index contributed by atoms with van der Waals surface area (Å²) >= 11 is 4.42. The van der Waals surface area contributed by atoms with Gasteiger partial charge < -0.3 is 15.1 Å². The van der Waals surface area contributed by atoms with E-state index in [1.807, 2.05) is 0 Å². The molecule has 9 heteroatoms. The summed E-state index contributed by atoms with van der Waals surface area (Å²) in [5.41, 5.74) is 0.634. The summed E-state index contributed by atoms with van der Waals surface area (Å²) in [6.07, 6.45) is 0.207. The third-order valence-corrected chi connectivity index (χ3v) is 4.60. The zero-order valence-corrected chi connectivity index (χ0v) is 14.5. The highest BCUT2D eigenvalue weighted by Gasteiger charge is 2.18. The lowest BCUT2D eigenvalue weighted by molar-refractivity contribution is -0.120. The number of halogens is 1. The largest absolute Gasteiger partial charge is 0.444 e. The van der Waals surface area contributed by atoms with E-state index < -0.39 is 0 Å². The van der Waals surface area contributed by atoms with Gasteiger partial charge in [0.15, 0.2) is 15.6 Å². The van der Waals surface area contributed by atoms with E-state index in [-0.39, 0.29) is 24.0 Å². The van der Waals surface area contributed by atoms with Gasteiger partial charge in [-0.25, -0.2) is 4.98 Å². The summed E-state index contributed by atoms with van der Waals surface area (Å²) in [6, 6.07) is 3.21. The second kappa shape index (κ2) is 7.24. The van der Waals surface area contributed by atoms with Gasteiger partial charge >= 0.3 is 0 Å². The van der Waals surface area contributed by atoms with Crippen LogP contribution in [0.1, 0.15) is 16.2 Å². The van der Waals surface area contributed by atoms with Gasteiger partial charge in [0.25, 0.3) is 5.91 Å². The van der Waals surface area contributed by atoms with Crippen LogP contribution in [0, 0.1) is 5.92 Å². The van der Waals surface area contributed by atoms with Crippen LogP contribution in [0.3, 0.4) is 0 Å². The molecule has 0 saturated carbocycles. The molecule has 23 heavy (non-hydrogen) atoms. The predicted octanol–water partition coefficient (Wildman–Crippen LogP) is 1.63. The summed E-state index contributed by atoms with van der Waals surface area (Å²) in [4.78, 5) is 28.0. The molecule has 7 nitrogen and oxygen atoms in total. The van der Waals surface area contributed by atoms with Gasteiger partial charge in [-0.15, -0.1) is 11.3 Å². The average molecular weight is 399 g/mol. The van der Waals surface area contributed by atoms with Crippen LogP contribution < -0.4 is 16.0 Å². The number of nitrogens with one attached hydrogen (secondary N) is 3.